The molecule has 28 heavy (non-hydrogen) atoms. The Balaban J connectivity index is 0.000000358. The molecule has 3 atom stereocenters. The van der Waals surface area contributed by atoms with Crippen LogP contribution in [0.25, 0.3) is 0 Å². The van der Waals surface area contributed by atoms with Gasteiger partial charge in [0, 0.05) is 19.8 Å². The minimum absolute atomic E-state index is 0.365. The second kappa shape index (κ2) is 19.7. The summed E-state index contributed by atoms with van der Waals surface area (Å²) in [7, 11) is -2.62. The van der Waals surface area contributed by atoms with Crippen LogP contribution in [0.3, 0.4) is 0 Å². The summed E-state index contributed by atoms with van der Waals surface area (Å²) in [5.74, 6) is 1.67. The second-order valence-corrected chi connectivity index (χ2v) is 7.80. The van der Waals surface area contributed by atoms with Crippen LogP contribution >= 0.6 is 8.60 Å². The van der Waals surface area contributed by atoms with Gasteiger partial charge in [0.05, 0.1) is 0 Å². The summed E-state index contributed by atoms with van der Waals surface area (Å²) in [5, 5.41) is 26.0. The smallest absolute Gasteiger partial charge is 0.324 e. The fourth-order valence-corrected chi connectivity index (χ4v) is 3.07. The van der Waals surface area contributed by atoms with Crippen LogP contribution in [-0.4, -0.2) is 49.8 Å². The predicted octanol–water partition coefficient (Wildman–Crippen LogP) is 3.20. The van der Waals surface area contributed by atoms with Crippen molar-refractivity contribution in [1.29, 1.82) is 0 Å². The lowest BCUT2D eigenvalue weighted by atomic mass is 9.96. The van der Waals surface area contributed by atoms with E-state index in [9.17, 15) is 0 Å². The third-order valence-electron chi connectivity index (χ3n) is 4.91. The van der Waals surface area contributed by atoms with E-state index in [1.807, 2.05) is 0 Å². The van der Waals surface area contributed by atoms with E-state index in [2.05, 4.69) is 36.5 Å². The second-order valence-electron chi connectivity index (χ2n) is 7.27. The Hall–Kier alpha value is -0.590. The van der Waals surface area contributed by atoms with Gasteiger partial charge < -0.3 is 30.0 Å². The Bertz CT molecular complexity index is 365. The Morgan fingerprint density at radius 2 is 0.786 bits per heavy atom. The molecule has 0 aromatic heterocycles. The van der Waals surface area contributed by atoms with E-state index >= 15 is 0 Å². The van der Waals surface area contributed by atoms with E-state index < -0.39 is 8.60 Å². The first-order chi connectivity index (χ1) is 13.5. The molecule has 0 saturated heterocycles. The van der Waals surface area contributed by atoms with Gasteiger partial charge in [0.2, 0.25) is 0 Å². The zero-order valence-electron chi connectivity index (χ0n) is 16.8. The van der Waals surface area contributed by atoms with Gasteiger partial charge in [-0.3, -0.25) is 0 Å². The van der Waals surface area contributed by atoms with Crippen molar-refractivity contribution in [1.82, 2.24) is 0 Å². The molecular formula is C21H39O6P. The van der Waals surface area contributed by atoms with Crippen LogP contribution in [0.1, 0.15) is 57.8 Å². The zero-order chi connectivity index (χ0) is 21.0. The molecule has 0 spiro atoms. The highest BCUT2D eigenvalue weighted by atomic mass is 31.2. The molecular weight excluding hydrogens is 379 g/mol. The largest absolute Gasteiger partial charge is 0.396 e. The van der Waals surface area contributed by atoms with Crippen LogP contribution in [0.4, 0.5) is 0 Å². The van der Waals surface area contributed by atoms with Gasteiger partial charge in [0.25, 0.3) is 0 Å². The molecule has 0 bridgehead atoms. The summed E-state index contributed by atoms with van der Waals surface area (Å²) in [5.41, 5.74) is 0. The van der Waals surface area contributed by atoms with Crippen molar-refractivity contribution in [2.75, 3.05) is 19.8 Å². The molecule has 0 aliphatic heterocycles. The first-order valence-corrected chi connectivity index (χ1v) is 11.4. The third kappa shape index (κ3) is 17.5. The highest BCUT2D eigenvalue weighted by Crippen LogP contribution is 2.17. The number of aliphatic hydroxyl groups excluding tert-OH is 3. The van der Waals surface area contributed by atoms with E-state index in [4.69, 9.17) is 30.0 Å². The molecule has 0 amide bonds. The van der Waals surface area contributed by atoms with E-state index in [0.717, 1.165) is 38.5 Å². The molecule has 3 aliphatic rings. The maximum Gasteiger partial charge on any atom is 0.324 e. The van der Waals surface area contributed by atoms with Crippen LogP contribution < -0.4 is 0 Å². The summed E-state index contributed by atoms with van der Waals surface area (Å²) >= 11 is 0. The number of allylic oxidation sites excluding steroid dienone is 6. The number of rotatable bonds is 3. The fraction of sp³-hybridized carbons (Fsp3) is 0.714. The monoisotopic (exact) mass is 418 g/mol. The molecule has 3 rings (SSSR count). The molecule has 0 heterocycles. The molecule has 3 aliphatic carbocycles. The highest BCUT2D eigenvalue weighted by molar-refractivity contribution is 7.38. The molecule has 0 aromatic carbocycles. The Morgan fingerprint density at radius 3 is 0.893 bits per heavy atom. The summed E-state index contributed by atoms with van der Waals surface area (Å²) in [6, 6.07) is 0. The van der Waals surface area contributed by atoms with Crippen LogP contribution in [0.2, 0.25) is 0 Å². The summed E-state index contributed by atoms with van der Waals surface area (Å²) in [6.45, 7) is 1.10. The highest BCUT2D eigenvalue weighted by Gasteiger charge is 2.07. The molecule has 3 unspecified atom stereocenters. The molecule has 6 N–H and O–H groups in total. The summed E-state index contributed by atoms with van der Waals surface area (Å²) in [4.78, 5) is 21.7. The molecule has 7 heteroatoms. The average Bonchev–Trinajstić information content (AvgIpc) is 2.76. The average molecular weight is 419 g/mol. The van der Waals surface area contributed by atoms with Crippen molar-refractivity contribution in [2.24, 2.45) is 17.8 Å². The third-order valence-corrected chi connectivity index (χ3v) is 4.91. The van der Waals surface area contributed by atoms with Crippen molar-refractivity contribution in [3.63, 3.8) is 0 Å². The lowest BCUT2D eigenvalue weighted by molar-refractivity contribution is 0.217. The summed E-state index contributed by atoms with van der Waals surface area (Å²) in [6.07, 6.45) is 23.3. The van der Waals surface area contributed by atoms with Crippen molar-refractivity contribution < 1.29 is 30.0 Å². The van der Waals surface area contributed by atoms with Crippen molar-refractivity contribution >= 4 is 8.60 Å². The maximum atomic E-state index is 8.66. The quantitative estimate of drug-likeness (QED) is 0.309. The van der Waals surface area contributed by atoms with Gasteiger partial charge in [-0.2, -0.15) is 0 Å². The van der Waals surface area contributed by atoms with E-state index in [-0.39, 0.29) is 0 Å². The summed E-state index contributed by atoms with van der Waals surface area (Å²) < 4.78 is 0. The van der Waals surface area contributed by atoms with Gasteiger partial charge in [-0.05, 0) is 75.5 Å². The van der Waals surface area contributed by atoms with Crippen LogP contribution in [0.5, 0.6) is 0 Å². The van der Waals surface area contributed by atoms with E-state index in [1.54, 1.807) is 0 Å². The van der Waals surface area contributed by atoms with Crippen molar-refractivity contribution in [2.45, 2.75) is 57.8 Å². The normalized spacial score (nSPS) is 25.6. The number of aliphatic hydroxyl groups is 3. The van der Waals surface area contributed by atoms with Crippen molar-refractivity contribution in [3.8, 4) is 0 Å². The predicted molar refractivity (Wildman–Crippen MR) is 114 cm³/mol. The number of hydrogen-bond donors (Lipinski definition) is 6. The SMILES string of the molecule is OCC1CC=CCC1.OCC1CC=CCC1.OCC1CC=CCC1.OP(O)O. The lowest BCUT2D eigenvalue weighted by Gasteiger charge is -2.13. The molecule has 0 fully saturated rings. The molecule has 6 nitrogen and oxygen atoms in total. The first-order valence-electron chi connectivity index (χ1n) is 10.2. The Morgan fingerprint density at radius 1 is 0.536 bits per heavy atom. The van der Waals surface area contributed by atoms with Crippen molar-refractivity contribution in [3.05, 3.63) is 36.5 Å². The molecule has 0 radical (unpaired) electrons. The van der Waals surface area contributed by atoms with Gasteiger partial charge in [0.1, 0.15) is 0 Å². The minimum Gasteiger partial charge on any atom is -0.396 e. The van der Waals surface area contributed by atoms with Gasteiger partial charge in [-0.25, -0.2) is 0 Å². The molecule has 0 saturated carbocycles. The zero-order valence-corrected chi connectivity index (χ0v) is 17.7. The van der Waals surface area contributed by atoms with Gasteiger partial charge in [-0.1, -0.05) is 36.5 Å². The number of hydrogen-bond acceptors (Lipinski definition) is 6. The van der Waals surface area contributed by atoms with E-state index in [1.165, 1.54) is 19.3 Å². The standard InChI is InChI=1S/3C7H12O.H3O3P/c3*8-6-7-4-2-1-3-5-7;1-4(2)3/h3*1-2,7-8H,3-6H2;1-3H. The van der Waals surface area contributed by atoms with Crippen LogP contribution in [0.15, 0.2) is 36.5 Å². The maximum absolute atomic E-state index is 8.66. The van der Waals surface area contributed by atoms with Crippen LogP contribution in [-0.2, 0) is 0 Å². The molecule has 164 valence electrons. The van der Waals surface area contributed by atoms with Gasteiger partial charge in [-0.15, -0.1) is 0 Å². The minimum atomic E-state index is -2.62. The van der Waals surface area contributed by atoms with Crippen LogP contribution in [0, 0.1) is 17.8 Å². The van der Waals surface area contributed by atoms with E-state index in [0.29, 0.717) is 37.6 Å². The molecule has 0 aromatic rings. The first kappa shape index (κ1) is 27.4. The Labute approximate surface area is 170 Å². The lowest BCUT2D eigenvalue weighted by Crippen LogP contribution is -2.06. The van der Waals surface area contributed by atoms with Gasteiger partial charge >= 0.3 is 8.60 Å². The van der Waals surface area contributed by atoms with Gasteiger partial charge in [0.15, 0.2) is 0 Å². The fourth-order valence-electron chi connectivity index (χ4n) is 3.07. The topological polar surface area (TPSA) is 121 Å². The Kier molecular flexibility index (Phi) is 19.3.